The molecule has 0 saturated carbocycles. The molecule has 1 saturated heterocycles. The number of ether oxygens (including phenoxy) is 1. The minimum Gasteiger partial charge on any atom is -0.381 e. The van der Waals surface area contributed by atoms with Crippen LogP contribution in [0.4, 0.5) is 0 Å². The molecule has 1 N–H and O–H groups in total. The summed E-state index contributed by atoms with van der Waals surface area (Å²) in [6.07, 6.45) is 1.19. The number of halogens is 1. The fourth-order valence-electron chi connectivity index (χ4n) is 2.22. The lowest BCUT2D eigenvalue weighted by Crippen LogP contribution is -2.33. The van der Waals surface area contributed by atoms with E-state index in [4.69, 9.17) is 4.74 Å². The standard InChI is InChI=1S/C14H20BrNO/c1-10-3-4-14(15)7-13(10)8-16-11(2)12-5-6-17-9-12/h3-4,7,11-12,16H,5-6,8-9H2,1-2H3/t11-,12+/m0/s1. The monoisotopic (exact) mass is 297 g/mol. The Kier molecular flexibility index (Phi) is 4.60. The zero-order chi connectivity index (χ0) is 12.3. The van der Waals surface area contributed by atoms with E-state index in [1.807, 2.05) is 0 Å². The van der Waals surface area contributed by atoms with Gasteiger partial charge >= 0.3 is 0 Å². The third-order valence-corrected chi connectivity index (χ3v) is 4.09. The smallest absolute Gasteiger partial charge is 0.0509 e. The molecule has 2 atom stereocenters. The molecule has 17 heavy (non-hydrogen) atoms. The second-order valence-electron chi connectivity index (χ2n) is 4.86. The Morgan fingerprint density at radius 1 is 1.53 bits per heavy atom. The number of aryl methyl sites for hydroxylation is 1. The van der Waals surface area contributed by atoms with Crippen LogP contribution in [0.3, 0.4) is 0 Å². The van der Waals surface area contributed by atoms with Gasteiger partial charge in [0.1, 0.15) is 0 Å². The Morgan fingerprint density at radius 2 is 2.35 bits per heavy atom. The van der Waals surface area contributed by atoms with Gasteiger partial charge in [-0.2, -0.15) is 0 Å². The van der Waals surface area contributed by atoms with Crippen molar-refractivity contribution < 1.29 is 4.74 Å². The van der Waals surface area contributed by atoms with Gasteiger partial charge in [-0.05, 0) is 49.4 Å². The lowest BCUT2D eigenvalue weighted by Gasteiger charge is -2.20. The number of benzene rings is 1. The van der Waals surface area contributed by atoms with Crippen LogP contribution in [0.15, 0.2) is 22.7 Å². The third kappa shape index (κ3) is 3.54. The number of hydrogen-bond donors (Lipinski definition) is 1. The molecule has 0 unspecified atom stereocenters. The maximum atomic E-state index is 5.43. The molecule has 1 heterocycles. The quantitative estimate of drug-likeness (QED) is 0.921. The highest BCUT2D eigenvalue weighted by Crippen LogP contribution is 2.19. The molecular formula is C14H20BrNO. The first kappa shape index (κ1) is 13.1. The Labute approximate surface area is 112 Å². The van der Waals surface area contributed by atoms with Crippen molar-refractivity contribution in [3.05, 3.63) is 33.8 Å². The summed E-state index contributed by atoms with van der Waals surface area (Å²) in [6, 6.07) is 6.97. The van der Waals surface area contributed by atoms with Gasteiger partial charge in [-0.25, -0.2) is 0 Å². The summed E-state index contributed by atoms with van der Waals surface area (Å²) in [5, 5.41) is 3.61. The molecule has 0 radical (unpaired) electrons. The van der Waals surface area contributed by atoms with E-state index in [2.05, 4.69) is 53.3 Å². The molecule has 1 fully saturated rings. The summed E-state index contributed by atoms with van der Waals surface area (Å²) < 4.78 is 6.58. The summed E-state index contributed by atoms with van der Waals surface area (Å²) in [4.78, 5) is 0. The van der Waals surface area contributed by atoms with Gasteiger partial charge < -0.3 is 10.1 Å². The molecule has 1 aromatic carbocycles. The minimum absolute atomic E-state index is 0.524. The van der Waals surface area contributed by atoms with Crippen LogP contribution >= 0.6 is 15.9 Å². The molecule has 94 valence electrons. The molecule has 0 bridgehead atoms. The fourth-order valence-corrected chi connectivity index (χ4v) is 2.62. The highest BCUT2D eigenvalue weighted by molar-refractivity contribution is 9.10. The van der Waals surface area contributed by atoms with Crippen molar-refractivity contribution in [1.82, 2.24) is 5.32 Å². The zero-order valence-corrected chi connectivity index (χ0v) is 12.1. The molecule has 2 rings (SSSR count). The van der Waals surface area contributed by atoms with Crippen LogP contribution in [0.5, 0.6) is 0 Å². The van der Waals surface area contributed by atoms with Crippen LogP contribution < -0.4 is 5.32 Å². The van der Waals surface area contributed by atoms with Crippen LogP contribution in [0, 0.1) is 12.8 Å². The zero-order valence-electron chi connectivity index (χ0n) is 10.5. The van der Waals surface area contributed by atoms with Crippen molar-refractivity contribution in [2.45, 2.75) is 32.9 Å². The van der Waals surface area contributed by atoms with Crippen molar-refractivity contribution in [1.29, 1.82) is 0 Å². The van der Waals surface area contributed by atoms with E-state index in [1.54, 1.807) is 0 Å². The lowest BCUT2D eigenvalue weighted by molar-refractivity contribution is 0.178. The molecular weight excluding hydrogens is 278 g/mol. The van der Waals surface area contributed by atoms with Gasteiger partial charge in [0, 0.05) is 23.7 Å². The van der Waals surface area contributed by atoms with E-state index in [-0.39, 0.29) is 0 Å². The molecule has 0 aliphatic carbocycles. The summed E-state index contributed by atoms with van der Waals surface area (Å²) in [5.41, 5.74) is 2.71. The predicted octanol–water partition coefficient (Wildman–Crippen LogP) is 3.27. The first-order valence-corrected chi connectivity index (χ1v) is 7.02. The van der Waals surface area contributed by atoms with E-state index in [0.717, 1.165) is 24.2 Å². The van der Waals surface area contributed by atoms with Crippen molar-refractivity contribution in [2.24, 2.45) is 5.92 Å². The average Bonchev–Trinajstić information content (AvgIpc) is 2.83. The van der Waals surface area contributed by atoms with E-state index in [0.29, 0.717) is 12.0 Å². The SMILES string of the molecule is Cc1ccc(Br)cc1CN[C@@H](C)[C@@H]1CCOC1. The second-order valence-corrected chi connectivity index (χ2v) is 5.78. The van der Waals surface area contributed by atoms with Crippen LogP contribution in [0.25, 0.3) is 0 Å². The Hall–Kier alpha value is -0.380. The highest BCUT2D eigenvalue weighted by atomic mass is 79.9. The molecule has 0 aromatic heterocycles. The summed E-state index contributed by atoms with van der Waals surface area (Å²) in [5.74, 6) is 0.669. The first-order valence-electron chi connectivity index (χ1n) is 6.23. The maximum absolute atomic E-state index is 5.43. The Morgan fingerprint density at radius 3 is 3.06 bits per heavy atom. The highest BCUT2D eigenvalue weighted by Gasteiger charge is 2.21. The largest absolute Gasteiger partial charge is 0.381 e. The molecule has 1 aliphatic heterocycles. The number of rotatable bonds is 4. The summed E-state index contributed by atoms with van der Waals surface area (Å²) in [7, 11) is 0. The van der Waals surface area contributed by atoms with Gasteiger partial charge in [0.25, 0.3) is 0 Å². The van der Waals surface area contributed by atoms with E-state index >= 15 is 0 Å². The van der Waals surface area contributed by atoms with Crippen molar-refractivity contribution >= 4 is 15.9 Å². The van der Waals surface area contributed by atoms with Crippen LogP contribution in [0.1, 0.15) is 24.5 Å². The molecule has 1 aromatic rings. The molecule has 0 spiro atoms. The van der Waals surface area contributed by atoms with Crippen molar-refractivity contribution in [3.8, 4) is 0 Å². The van der Waals surface area contributed by atoms with E-state index < -0.39 is 0 Å². The van der Waals surface area contributed by atoms with Gasteiger partial charge in [-0.1, -0.05) is 22.0 Å². The van der Waals surface area contributed by atoms with Gasteiger partial charge in [-0.15, -0.1) is 0 Å². The van der Waals surface area contributed by atoms with Gasteiger partial charge in [-0.3, -0.25) is 0 Å². The van der Waals surface area contributed by atoms with Crippen LogP contribution in [-0.4, -0.2) is 19.3 Å². The molecule has 2 nitrogen and oxygen atoms in total. The molecule has 1 aliphatic rings. The van der Waals surface area contributed by atoms with Crippen LogP contribution in [0.2, 0.25) is 0 Å². The van der Waals surface area contributed by atoms with E-state index in [9.17, 15) is 0 Å². The van der Waals surface area contributed by atoms with Crippen molar-refractivity contribution in [3.63, 3.8) is 0 Å². The van der Waals surface area contributed by atoms with Gasteiger partial charge in [0.2, 0.25) is 0 Å². The Bertz CT molecular complexity index is 374. The Balaban J connectivity index is 1.90. The first-order chi connectivity index (χ1) is 8.16. The van der Waals surface area contributed by atoms with Gasteiger partial charge in [0.05, 0.1) is 6.61 Å². The topological polar surface area (TPSA) is 21.3 Å². The molecule has 0 amide bonds. The van der Waals surface area contributed by atoms with Crippen molar-refractivity contribution in [2.75, 3.05) is 13.2 Å². The normalized spacial score (nSPS) is 21.7. The fraction of sp³-hybridized carbons (Fsp3) is 0.571. The van der Waals surface area contributed by atoms with Gasteiger partial charge in [0.15, 0.2) is 0 Å². The predicted molar refractivity (Wildman–Crippen MR) is 74.1 cm³/mol. The van der Waals surface area contributed by atoms with Crippen LogP contribution in [-0.2, 0) is 11.3 Å². The third-order valence-electron chi connectivity index (χ3n) is 3.60. The average molecular weight is 298 g/mol. The summed E-state index contributed by atoms with van der Waals surface area (Å²) in [6.45, 7) is 7.18. The summed E-state index contributed by atoms with van der Waals surface area (Å²) >= 11 is 3.52. The lowest BCUT2D eigenvalue weighted by atomic mass is 10.00. The number of nitrogens with one attached hydrogen (secondary N) is 1. The number of hydrogen-bond acceptors (Lipinski definition) is 2. The van der Waals surface area contributed by atoms with E-state index in [1.165, 1.54) is 17.5 Å². The maximum Gasteiger partial charge on any atom is 0.0509 e. The minimum atomic E-state index is 0.524. The second kappa shape index (κ2) is 5.98. The molecule has 3 heteroatoms.